The van der Waals surface area contributed by atoms with Gasteiger partial charge in [0.25, 0.3) is 5.60 Å². The van der Waals surface area contributed by atoms with E-state index in [0.29, 0.717) is 18.6 Å². The van der Waals surface area contributed by atoms with Gasteiger partial charge >= 0.3 is 12.4 Å². The van der Waals surface area contributed by atoms with Crippen molar-refractivity contribution in [3.63, 3.8) is 0 Å². The Morgan fingerprint density at radius 2 is 1.61 bits per heavy atom. The predicted octanol–water partition coefficient (Wildman–Crippen LogP) is 2.24. The molecule has 1 rings (SSSR count). The fraction of sp³-hybridized carbons (Fsp3) is 0.500. The van der Waals surface area contributed by atoms with Crippen molar-refractivity contribution in [2.75, 3.05) is 0 Å². The summed E-state index contributed by atoms with van der Waals surface area (Å²) in [6, 6.07) is 1.81. The Bertz CT molecular complexity index is 563. The Kier molecular flexibility index (Phi) is 5.35. The molecule has 23 heavy (non-hydrogen) atoms. The van der Waals surface area contributed by atoms with Crippen LogP contribution in [0.1, 0.15) is 30.0 Å². The highest BCUT2D eigenvalue weighted by molar-refractivity contribution is 5.68. The van der Waals surface area contributed by atoms with Gasteiger partial charge in [0.2, 0.25) is 0 Å². The summed E-state index contributed by atoms with van der Waals surface area (Å²) in [4.78, 5) is 10.6. The molecule has 1 aromatic rings. The van der Waals surface area contributed by atoms with Crippen molar-refractivity contribution in [2.45, 2.75) is 44.1 Å². The summed E-state index contributed by atoms with van der Waals surface area (Å²) in [5, 5.41) is 19.9. The maximum atomic E-state index is 12.8. The first-order chi connectivity index (χ1) is 10.3. The fourth-order valence-electron chi connectivity index (χ4n) is 2.17. The lowest BCUT2D eigenvalue weighted by molar-refractivity contribution is -0.376. The molecule has 0 saturated carbocycles. The van der Waals surface area contributed by atoms with Crippen LogP contribution < -0.4 is 5.11 Å². The molecule has 0 amide bonds. The summed E-state index contributed by atoms with van der Waals surface area (Å²) in [6.07, 6.45) is -12.2. The van der Waals surface area contributed by atoms with Crippen molar-refractivity contribution >= 4 is 5.97 Å². The zero-order valence-electron chi connectivity index (χ0n) is 11.9. The Morgan fingerprint density at radius 1 is 1.09 bits per heavy atom. The lowest BCUT2D eigenvalue weighted by Gasteiger charge is -2.33. The number of carbonyl (C=O) groups excluding carboxylic acids is 1. The number of rotatable bonds is 5. The molecule has 0 unspecified atom stereocenters. The summed E-state index contributed by atoms with van der Waals surface area (Å²) in [5.74, 6) is -1.52. The van der Waals surface area contributed by atoms with E-state index in [4.69, 9.17) is 0 Å². The number of alkyl halides is 6. The molecule has 0 heterocycles. The Hall–Kier alpha value is -1.77. The zero-order chi connectivity index (χ0) is 18.1. The van der Waals surface area contributed by atoms with Gasteiger partial charge in [0, 0.05) is 18.0 Å². The number of carboxylic acids is 1. The Morgan fingerprint density at radius 3 is 2.00 bits per heavy atom. The number of hydrogen-bond acceptors (Lipinski definition) is 3. The van der Waals surface area contributed by atoms with Gasteiger partial charge in [-0.3, -0.25) is 0 Å². The van der Waals surface area contributed by atoms with E-state index in [0.717, 1.165) is 6.07 Å². The first kappa shape index (κ1) is 19.3. The van der Waals surface area contributed by atoms with Gasteiger partial charge in [-0.05, 0) is 17.5 Å². The number of aryl methyl sites for hydroxylation is 1. The third kappa shape index (κ3) is 3.77. The van der Waals surface area contributed by atoms with Crippen molar-refractivity contribution in [3.8, 4) is 0 Å². The molecular formula is C14H13F6O3-. The molecule has 0 aliphatic rings. The van der Waals surface area contributed by atoms with E-state index in [1.54, 1.807) is 6.92 Å². The summed E-state index contributed by atoms with van der Waals surface area (Å²) < 4.78 is 77.0. The van der Waals surface area contributed by atoms with Gasteiger partial charge in [-0.25, -0.2) is 0 Å². The van der Waals surface area contributed by atoms with Gasteiger partial charge in [0.05, 0.1) is 0 Å². The van der Waals surface area contributed by atoms with Gasteiger partial charge < -0.3 is 15.0 Å². The van der Waals surface area contributed by atoms with Crippen LogP contribution in [0.5, 0.6) is 0 Å². The second-order valence-electron chi connectivity index (χ2n) is 4.99. The van der Waals surface area contributed by atoms with Crippen molar-refractivity contribution in [1.29, 1.82) is 0 Å². The maximum Gasteiger partial charge on any atom is 0.430 e. The highest BCUT2D eigenvalue weighted by Crippen LogP contribution is 2.50. The van der Waals surface area contributed by atoms with Crippen molar-refractivity contribution in [3.05, 3.63) is 34.9 Å². The standard InChI is InChI=1S/C14H14F6O3/c1-2-3-8-6-10(5-4-9(8)7-11(21)22)12(23,13(15,16)17)14(18,19)20/h4-6,23H,2-3,7H2,1H3,(H,21,22)/p-1. The molecule has 0 saturated heterocycles. The normalized spacial score (nSPS) is 13.2. The van der Waals surface area contributed by atoms with Crippen LogP contribution >= 0.6 is 0 Å². The lowest BCUT2D eigenvalue weighted by atomic mass is 9.88. The molecule has 0 aromatic heterocycles. The molecule has 0 fully saturated rings. The molecule has 3 nitrogen and oxygen atoms in total. The van der Waals surface area contributed by atoms with Gasteiger partial charge in [-0.15, -0.1) is 0 Å². The average Bonchev–Trinajstić information content (AvgIpc) is 2.37. The molecule has 0 atom stereocenters. The smallest absolute Gasteiger partial charge is 0.430 e. The van der Waals surface area contributed by atoms with Crippen LogP contribution in [0, 0.1) is 0 Å². The van der Waals surface area contributed by atoms with Crippen LogP contribution in [0.25, 0.3) is 0 Å². The molecule has 9 heteroatoms. The monoisotopic (exact) mass is 343 g/mol. The van der Waals surface area contributed by atoms with Gasteiger partial charge in [0.1, 0.15) is 0 Å². The van der Waals surface area contributed by atoms with Crippen molar-refractivity contribution < 1.29 is 41.4 Å². The largest absolute Gasteiger partial charge is 0.550 e. The SMILES string of the molecule is CCCc1cc(C(O)(C(F)(F)F)C(F)(F)F)ccc1CC(=O)[O-]. The van der Waals surface area contributed by atoms with Crippen LogP contribution in [0.3, 0.4) is 0 Å². The zero-order valence-corrected chi connectivity index (χ0v) is 11.9. The minimum Gasteiger partial charge on any atom is -0.550 e. The van der Waals surface area contributed by atoms with Crippen LogP contribution in [0.15, 0.2) is 18.2 Å². The quantitative estimate of drug-likeness (QED) is 0.834. The van der Waals surface area contributed by atoms with Gasteiger partial charge in [0.15, 0.2) is 0 Å². The van der Waals surface area contributed by atoms with Crippen LogP contribution in [-0.4, -0.2) is 23.4 Å². The maximum absolute atomic E-state index is 12.8. The van der Waals surface area contributed by atoms with E-state index in [1.807, 2.05) is 0 Å². The Balaban J connectivity index is 3.51. The molecule has 0 aliphatic heterocycles. The molecule has 0 spiro atoms. The van der Waals surface area contributed by atoms with Crippen LogP contribution in [0.2, 0.25) is 0 Å². The summed E-state index contributed by atoms with van der Waals surface area (Å²) in [6.45, 7) is 1.62. The minimum absolute atomic E-state index is 0.0128. The highest BCUT2D eigenvalue weighted by atomic mass is 19.4. The molecule has 130 valence electrons. The topological polar surface area (TPSA) is 60.4 Å². The number of halogens is 6. The van der Waals surface area contributed by atoms with Crippen LogP contribution in [0.4, 0.5) is 26.3 Å². The van der Waals surface area contributed by atoms with E-state index in [-0.39, 0.29) is 17.5 Å². The third-order valence-electron chi connectivity index (χ3n) is 3.30. The molecular weight excluding hydrogens is 330 g/mol. The van der Waals surface area contributed by atoms with Crippen LogP contribution in [-0.2, 0) is 23.2 Å². The second kappa shape index (κ2) is 6.38. The first-order valence-corrected chi connectivity index (χ1v) is 6.52. The number of carboxylic acid groups (broad SMARTS) is 1. The average molecular weight is 343 g/mol. The summed E-state index contributed by atoms with van der Waals surface area (Å²) >= 11 is 0. The Labute approximate surface area is 127 Å². The van der Waals surface area contributed by atoms with Gasteiger partial charge in [-0.2, -0.15) is 26.3 Å². The van der Waals surface area contributed by atoms with E-state index in [2.05, 4.69) is 0 Å². The number of aliphatic carboxylic acids is 1. The van der Waals surface area contributed by atoms with Gasteiger partial charge in [-0.1, -0.05) is 31.5 Å². The first-order valence-electron chi connectivity index (χ1n) is 6.52. The highest BCUT2D eigenvalue weighted by Gasteiger charge is 2.71. The minimum atomic E-state index is -5.98. The summed E-state index contributed by atoms with van der Waals surface area (Å²) in [7, 11) is 0. The molecule has 0 bridgehead atoms. The summed E-state index contributed by atoms with van der Waals surface area (Å²) in [5.41, 5.74) is -6.39. The van der Waals surface area contributed by atoms with Crippen molar-refractivity contribution in [1.82, 2.24) is 0 Å². The molecule has 1 N–H and O–H groups in total. The van der Waals surface area contributed by atoms with E-state index in [1.165, 1.54) is 0 Å². The molecule has 0 aliphatic carbocycles. The number of aliphatic hydroxyl groups is 1. The third-order valence-corrected chi connectivity index (χ3v) is 3.30. The number of benzene rings is 1. The van der Waals surface area contributed by atoms with E-state index >= 15 is 0 Å². The fourth-order valence-corrected chi connectivity index (χ4v) is 2.17. The molecule has 0 radical (unpaired) electrons. The van der Waals surface area contributed by atoms with E-state index < -0.39 is 35.9 Å². The lowest BCUT2D eigenvalue weighted by Crippen LogP contribution is -2.54. The number of hydrogen-bond donors (Lipinski definition) is 1. The van der Waals surface area contributed by atoms with E-state index in [9.17, 15) is 41.4 Å². The van der Waals surface area contributed by atoms with Crippen molar-refractivity contribution in [2.24, 2.45) is 0 Å². The number of carbonyl (C=O) groups is 1. The molecule has 1 aromatic carbocycles. The second-order valence-corrected chi connectivity index (χ2v) is 4.99. The predicted molar refractivity (Wildman–Crippen MR) is 65.2 cm³/mol.